The fraction of sp³-hybridized carbons (Fsp3) is 0.400. The lowest BCUT2D eigenvalue weighted by Crippen LogP contribution is -2.04. The van der Waals surface area contributed by atoms with E-state index in [4.69, 9.17) is 4.74 Å². The van der Waals surface area contributed by atoms with Crippen LogP contribution in [0.5, 0.6) is 5.75 Å². The SMILES string of the molecule is CCCNc1nccc(-c2cncc(OCCC)c2)n1. The maximum absolute atomic E-state index is 5.59. The summed E-state index contributed by atoms with van der Waals surface area (Å²) in [5.74, 6) is 1.41. The molecule has 0 aliphatic heterocycles. The van der Waals surface area contributed by atoms with Crippen molar-refractivity contribution < 1.29 is 4.74 Å². The highest BCUT2D eigenvalue weighted by Crippen LogP contribution is 2.21. The summed E-state index contributed by atoms with van der Waals surface area (Å²) in [5.41, 5.74) is 1.77. The van der Waals surface area contributed by atoms with Crippen LogP contribution in [0, 0.1) is 0 Å². The fourth-order valence-corrected chi connectivity index (χ4v) is 1.70. The van der Waals surface area contributed by atoms with Crippen LogP contribution in [0.2, 0.25) is 0 Å². The second-order valence-corrected chi connectivity index (χ2v) is 4.45. The van der Waals surface area contributed by atoms with Gasteiger partial charge in [0.25, 0.3) is 0 Å². The van der Waals surface area contributed by atoms with Gasteiger partial charge < -0.3 is 10.1 Å². The largest absolute Gasteiger partial charge is 0.492 e. The summed E-state index contributed by atoms with van der Waals surface area (Å²) >= 11 is 0. The predicted octanol–water partition coefficient (Wildman–Crippen LogP) is 3.15. The Kier molecular flexibility index (Phi) is 5.29. The van der Waals surface area contributed by atoms with Crippen LogP contribution in [0.4, 0.5) is 5.95 Å². The second kappa shape index (κ2) is 7.43. The van der Waals surface area contributed by atoms with Gasteiger partial charge in [0.1, 0.15) is 5.75 Å². The van der Waals surface area contributed by atoms with Gasteiger partial charge in [-0.25, -0.2) is 9.97 Å². The first-order valence-electron chi connectivity index (χ1n) is 6.98. The standard InChI is InChI=1S/C15H20N4O/c1-3-6-17-15-18-7-5-14(19-15)12-9-13(11-16-10-12)20-8-4-2/h5,7,9-11H,3-4,6,8H2,1-2H3,(H,17,18,19). The number of aromatic nitrogens is 3. The summed E-state index contributed by atoms with van der Waals surface area (Å²) in [5, 5.41) is 3.18. The van der Waals surface area contributed by atoms with E-state index in [0.29, 0.717) is 12.6 Å². The number of nitrogens with zero attached hydrogens (tertiary/aromatic N) is 3. The van der Waals surface area contributed by atoms with Gasteiger partial charge in [-0.3, -0.25) is 4.98 Å². The first kappa shape index (κ1) is 14.2. The molecule has 0 atom stereocenters. The second-order valence-electron chi connectivity index (χ2n) is 4.45. The van der Waals surface area contributed by atoms with Crippen molar-refractivity contribution in [3.63, 3.8) is 0 Å². The highest BCUT2D eigenvalue weighted by molar-refractivity contribution is 5.60. The van der Waals surface area contributed by atoms with E-state index >= 15 is 0 Å². The van der Waals surface area contributed by atoms with Crippen LogP contribution in [0.1, 0.15) is 26.7 Å². The molecule has 106 valence electrons. The number of hydrogen-bond donors (Lipinski definition) is 1. The van der Waals surface area contributed by atoms with Gasteiger partial charge in [0.05, 0.1) is 18.5 Å². The molecule has 0 fully saturated rings. The minimum atomic E-state index is 0.643. The number of ether oxygens (including phenoxy) is 1. The summed E-state index contributed by atoms with van der Waals surface area (Å²) in [4.78, 5) is 12.9. The third-order valence-corrected chi connectivity index (χ3v) is 2.67. The summed E-state index contributed by atoms with van der Waals surface area (Å²) in [6.07, 6.45) is 7.26. The molecule has 5 heteroatoms. The number of hydrogen-bond acceptors (Lipinski definition) is 5. The lowest BCUT2D eigenvalue weighted by atomic mass is 10.2. The molecular weight excluding hydrogens is 252 g/mol. The molecule has 0 amide bonds. The van der Waals surface area contributed by atoms with Crippen molar-refractivity contribution in [3.8, 4) is 17.0 Å². The molecule has 2 aromatic heterocycles. The average Bonchev–Trinajstić information content (AvgIpc) is 2.51. The van der Waals surface area contributed by atoms with E-state index in [-0.39, 0.29) is 0 Å². The van der Waals surface area contributed by atoms with Crippen molar-refractivity contribution in [3.05, 3.63) is 30.7 Å². The van der Waals surface area contributed by atoms with Crippen LogP contribution in [0.25, 0.3) is 11.3 Å². The highest BCUT2D eigenvalue weighted by Gasteiger charge is 2.04. The Morgan fingerprint density at radius 3 is 2.90 bits per heavy atom. The Bertz CT molecular complexity index is 495. The highest BCUT2D eigenvalue weighted by atomic mass is 16.5. The molecule has 2 aromatic rings. The van der Waals surface area contributed by atoms with Crippen LogP contribution < -0.4 is 10.1 Å². The molecule has 0 aliphatic rings. The number of pyridine rings is 1. The maximum atomic E-state index is 5.59. The van der Waals surface area contributed by atoms with E-state index in [0.717, 1.165) is 36.4 Å². The molecule has 0 unspecified atom stereocenters. The molecule has 2 heterocycles. The van der Waals surface area contributed by atoms with E-state index < -0.39 is 0 Å². The fourth-order valence-electron chi connectivity index (χ4n) is 1.70. The molecule has 1 N–H and O–H groups in total. The van der Waals surface area contributed by atoms with Crippen LogP contribution in [0.15, 0.2) is 30.7 Å². The predicted molar refractivity (Wildman–Crippen MR) is 79.8 cm³/mol. The van der Waals surface area contributed by atoms with Gasteiger partial charge in [-0.15, -0.1) is 0 Å². The maximum Gasteiger partial charge on any atom is 0.223 e. The number of nitrogens with one attached hydrogen (secondary N) is 1. The van der Waals surface area contributed by atoms with Crippen molar-refractivity contribution in [2.24, 2.45) is 0 Å². The Balaban J connectivity index is 2.17. The van der Waals surface area contributed by atoms with Gasteiger partial charge in [0, 0.05) is 24.5 Å². The van der Waals surface area contributed by atoms with Gasteiger partial charge in [-0.1, -0.05) is 13.8 Å². The smallest absolute Gasteiger partial charge is 0.223 e. The topological polar surface area (TPSA) is 59.9 Å². The van der Waals surface area contributed by atoms with E-state index in [1.165, 1.54) is 0 Å². The molecule has 0 saturated heterocycles. The molecule has 20 heavy (non-hydrogen) atoms. The number of anilines is 1. The lowest BCUT2D eigenvalue weighted by Gasteiger charge is -2.07. The van der Waals surface area contributed by atoms with E-state index in [9.17, 15) is 0 Å². The minimum absolute atomic E-state index is 0.643. The monoisotopic (exact) mass is 272 g/mol. The van der Waals surface area contributed by atoms with Crippen LogP contribution in [-0.2, 0) is 0 Å². The Labute approximate surface area is 119 Å². The first-order chi connectivity index (χ1) is 9.83. The molecule has 0 saturated carbocycles. The molecule has 2 rings (SSSR count). The van der Waals surface area contributed by atoms with Crippen molar-refractivity contribution in [1.29, 1.82) is 0 Å². The quantitative estimate of drug-likeness (QED) is 0.839. The van der Waals surface area contributed by atoms with Gasteiger partial charge in [0.15, 0.2) is 0 Å². The summed E-state index contributed by atoms with van der Waals surface area (Å²) in [6.45, 7) is 5.74. The van der Waals surface area contributed by atoms with Crippen molar-refractivity contribution >= 4 is 5.95 Å². The van der Waals surface area contributed by atoms with Crippen molar-refractivity contribution in [1.82, 2.24) is 15.0 Å². The van der Waals surface area contributed by atoms with E-state index in [1.54, 1.807) is 18.6 Å². The third-order valence-electron chi connectivity index (χ3n) is 2.67. The zero-order chi connectivity index (χ0) is 14.2. The van der Waals surface area contributed by atoms with Gasteiger partial charge in [-0.2, -0.15) is 0 Å². The van der Waals surface area contributed by atoms with Crippen LogP contribution in [-0.4, -0.2) is 28.1 Å². The summed E-state index contributed by atoms with van der Waals surface area (Å²) < 4.78 is 5.59. The van der Waals surface area contributed by atoms with Crippen LogP contribution >= 0.6 is 0 Å². The van der Waals surface area contributed by atoms with Gasteiger partial charge in [0.2, 0.25) is 5.95 Å². The van der Waals surface area contributed by atoms with E-state index in [2.05, 4.69) is 34.1 Å². The molecule has 0 aliphatic carbocycles. The first-order valence-corrected chi connectivity index (χ1v) is 6.98. The van der Waals surface area contributed by atoms with Crippen molar-refractivity contribution in [2.45, 2.75) is 26.7 Å². The normalized spacial score (nSPS) is 10.3. The Morgan fingerprint density at radius 1 is 1.20 bits per heavy atom. The third kappa shape index (κ3) is 3.91. The lowest BCUT2D eigenvalue weighted by molar-refractivity contribution is 0.316. The molecular formula is C15H20N4O. The Morgan fingerprint density at radius 2 is 2.10 bits per heavy atom. The average molecular weight is 272 g/mol. The minimum Gasteiger partial charge on any atom is -0.492 e. The molecule has 0 radical (unpaired) electrons. The zero-order valence-electron chi connectivity index (χ0n) is 12.0. The Hall–Kier alpha value is -2.17. The van der Waals surface area contributed by atoms with Gasteiger partial charge >= 0.3 is 0 Å². The summed E-state index contributed by atoms with van der Waals surface area (Å²) in [6, 6.07) is 3.83. The zero-order valence-corrected chi connectivity index (χ0v) is 12.0. The molecule has 5 nitrogen and oxygen atoms in total. The summed E-state index contributed by atoms with van der Waals surface area (Å²) in [7, 11) is 0. The molecule has 0 spiro atoms. The van der Waals surface area contributed by atoms with Gasteiger partial charge in [-0.05, 0) is 25.0 Å². The molecule has 0 bridgehead atoms. The number of rotatable bonds is 7. The molecule has 0 aromatic carbocycles. The van der Waals surface area contributed by atoms with Crippen LogP contribution in [0.3, 0.4) is 0 Å². The van der Waals surface area contributed by atoms with E-state index in [1.807, 2.05) is 12.1 Å². The van der Waals surface area contributed by atoms with Crippen molar-refractivity contribution in [2.75, 3.05) is 18.5 Å².